The van der Waals surface area contributed by atoms with Gasteiger partial charge in [0.1, 0.15) is 11.5 Å². The van der Waals surface area contributed by atoms with E-state index < -0.39 is 18.4 Å². The minimum absolute atomic E-state index is 0.332. The SMILES string of the molecule is CC[C@@H](Oc1ccc(Cl)c(C)c1)C(=O)Nc1ccc(OC(F)(F)F)cc1. The van der Waals surface area contributed by atoms with Crippen molar-refractivity contribution >= 4 is 23.2 Å². The van der Waals surface area contributed by atoms with Crippen molar-refractivity contribution < 1.29 is 27.4 Å². The van der Waals surface area contributed by atoms with Crippen molar-refractivity contribution in [2.75, 3.05) is 5.32 Å². The molecular formula is C18H17ClF3NO3. The fraction of sp³-hybridized carbons (Fsp3) is 0.278. The summed E-state index contributed by atoms with van der Waals surface area (Å²) < 4.78 is 45.9. The molecule has 1 atom stereocenters. The first-order valence-electron chi connectivity index (χ1n) is 7.77. The van der Waals surface area contributed by atoms with Gasteiger partial charge in [-0.3, -0.25) is 4.79 Å². The van der Waals surface area contributed by atoms with Gasteiger partial charge in [0.05, 0.1) is 0 Å². The van der Waals surface area contributed by atoms with Crippen LogP contribution in [0.25, 0.3) is 0 Å². The largest absolute Gasteiger partial charge is 0.573 e. The molecule has 0 bridgehead atoms. The second-order valence-corrected chi connectivity index (χ2v) is 5.89. The van der Waals surface area contributed by atoms with E-state index in [1.54, 1.807) is 25.1 Å². The van der Waals surface area contributed by atoms with Gasteiger partial charge in [0.15, 0.2) is 6.10 Å². The van der Waals surface area contributed by atoms with Crippen molar-refractivity contribution in [3.8, 4) is 11.5 Å². The van der Waals surface area contributed by atoms with Gasteiger partial charge < -0.3 is 14.8 Å². The minimum atomic E-state index is -4.76. The Morgan fingerprint density at radius 2 is 1.77 bits per heavy atom. The molecule has 8 heteroatoms. The molecule has 0 saturated heterocycles. The van der Waals surface area contributed by atoms with Crippen LogP contribution in [0.4, 0.5) is 18.9 Å². The summed E-state index contributed by atoms with van der Waals surface area (Å²) in [6.45, 7) is 3.61. The third-order valence-corrected chi connectivity index (χ3v) is 3.85. The monoisotopic (exact) mass is 387 g/mol. The van der Waals surface area contributed by atoms with Gasteiger partial charge in [-0.1, -0.05) is 18.5 Å². The molecule has 0 saturated carbocycles. The first-order chi connectivity index (χ1) is 12.2. The molecule has 1 amide bonds. The number of amides is 1. The molecule has 26 heavy (non-hydrogen) atoms. The number of rotatable bonds is 6. The first kappa shape index (κ1) is 19.9. The molecule has 2 aromatic rings. The van der Waals surface area contributed by atoms with Crippen molar-refractivity contribution in [2.45, 2.75) is 32.7 Å². The van der Waals surface area contributed by atoms with E-state index in [0.717, 1.165) is 17.7 Å². The van der Waals surface area contributed by atoms with Gasteiger partial charge in [-0.2, -0.15) is 0 Å². The first-order valence-corrected chi connectivity index (χ1v) is 8.15. The van der Waals surface area contributed by atoms with Gasteiger partial charge in [0.2, 0.25) is 0 Å². The second-order valence-electron chi connectivity index (χ2n) is 5.49. The summed E-state index contributed by atoms with van der Waals surface area (Å²) in [6.07, 6.45) is -5.12. The molecule has 0 spiro atoms. The van der Waals surface area contributed by atoms with E-state index in [-0.39, 0.29) is 5.75 Å². The standard InChI is InChI=1S/C18H17ClF3NO3/c1-3-16(25-14-8-9-15(19)11(2)10-14)17(24)23-12-4-6-13(7-5-12)26-18(20,21)22/h4-10,16H,3H2,1-2H3,(H,23,24)/t16-/m1/s1. The number of anilines is 1. The summed E-state index contributed by atoms with van der Waals surface area (Å²) in [5, 5.41) is 3.20. The van der Waals surface area contributed by atoms with Crippen LogP contribution in [0.1, 0.15) is 18.9 Å². The van der Waals surface area contributed by atoms with Crippen LogP contribution in [0.2, 0.25) is 5.02 Å². The molecule has 0 aromatic heterocycles. The normalized spacial score (nSPS) is 12.4. The Kier molecular flexibility index (Phi) is 6.37. The van der Waals surface area contributed by atoms with E-state index >= 15 is 0 Å². The number of alkyl halides is 3. The number of hydrogen-bond donors (Lipinski definition) is 1. The Labute approximate surface area is 153 Å². The summed E-state index contributed by atoms with van der Waals surface area (Å²) in [6, 6.07) is 9.93. The molecule has 0 heterocycles. The minimum Gasteiger partial charge on any atom is -0.481 e. The van der Waals surface area contributed by atoms with Gasteiger partial charge in [0.25, 0.3) is 5.91 Å². The fourth-order valence-electron chi connectivity index (χ4n) is 2.14. The number of aryl methyl sites for hydroxylation is 1. The number of carbonyl (C=O) groups excluding carboxylic acids is 1. The van der Waals surface area contributed by atoms with Gasteiger partial charge in [-0.05, 0) is 61.4 Å². The number of hydrogen-bond acceptors (Lipinski definition) is 3. The molecule has 2 aromatic carbocycles. The maximum absolute atomic E-state index is 12.3. The molecule has 0 fully saturated rings. The van der Waals surface area contributed by atoms with Crippen LogP contribution in [-0.4, -0.2) is 18.4 Å². The molecule has 0 unspecified atom stereocenters. The number of benzene rings is 2. The molecule has 140 valence electrons. The Bertz CT molecular complexity index is 763. The molecule has 2 rings (SSSR count). The average Bonchev–Trinajstić information content (AvgIpc) is 2.56. The highest BCUT2D eigenvalue weighted by molar-refractivity contribution is 6.31. The van der Waals surface area contributed by atoms with Crippen LogP contribution in [0.15, 0.2) is 42.5 Å². The Balaban J connectivity index is 2.01. The number of nitrogens with one attached hydrogen (secondary N) is 1. The van der Waals surface area contributed by atoms with Crippen LogP contribution in [0, 0.1) is 6.92 Å². The predicted octanol–water partition coefficient (Wildman–Crippen LogP) is 5.34. The molecule has 0 aliphatic carbocycles. The summed E-state index contributed by atoms with van der Waals surface area (Å²) in [4.78, 5) is 12.3. The van der Waals surface area contributed by atoms with Crippen LogP contribution < -0.4 is 14.8 Å². The third-order valence-electron chi connectivity index (χ3n) is 3.43. The second kappa shape index (κ2) is 8.31. The number of ether oxygens (including phenoxy) is 2. The van der Waals surface area contributed by atoms with E-state index in [2.05, 4.69) is 10.1 Å². The Morgan fingerprint density at radius 1 is 1.15 bits per heavy atom. The Morgan fingerprint density at radius 3 is 2.31 bits per heavy atom. The molecule has 1 N–H and O–H groups in total. The molecule has 4 nitrogen and oxygen atoms in total. The quantitative estimate of drug-likeness (QED) is 0.727. The van der Waals surface area contributed by atoms with E-state index in [9.17, 15) is 18.0 Å². The average molecular weight is 388 g/mol. The number of carbonyl (C=O) groups is 1. The molecular weight excluding hydrogens is 371 g/mol. The predicted molar refractivity (Wildman–Crippen MR) is 92.7 cm³/mol. The highest BCUT2D eigenvalue weighted by Crippen LogP contribution is 2.25. The molecule has 0 aliphatic rings. The zero-order valence-electron chi connectivity index (χ0n) is 14.1. The van der Waals surface area contributed by atoms with Crippen molar-refractivity contribution in [1.29, 1.82) is 0 Å². The van der Waals surface area contributed by atoms with Crippen LogP contribution in [0.5, 0.6) is 11.5 Å². The fourth-order valence-corrected chi connectivity index (χ4v) is 2.26. The lowest BCUT2D eigenvalue weighted by molar-refractivity contribution is -0.274. The van der Waals surface area contributed by atoms with Gasteiger partial charge in [-0.15, -0.1) is 13.2 Å². The van der Waals surface area contributed by atoms with Crippen LogP contribution in [-0.2, 0) is 4.79 Å². The van der Waals surface area contributed by atoms with Crippen molar-refractivity contribution in [3.63, 3.8) is 0 Å². The smallest absolute Gasteiger partial charge is 0.481 e. The van der Waals surface area contributed by atoms with Gasteiger partial charge in [-0.25, -0.2) is 0 Å². The molecule has 0 aliphatic heterocycles. The number of halogens is 4. The van der Waals surface area contributed by atoms with Gasteiger partial charge >= 0.3 is 6.36 Å². The van der Waals surface area contributed by atoms with Crippen LogP contribution >= 0.6 is 11.6 Å². The maximum atomic E-state index is 12.3. The van der Waals surface area contributed by atoms with E-state index in [4.69, 9.17) is 16.3 Å². The Hall–Kier alpha value is -2.41. The summed E-state index contributed by atoms with van der Waals surface area (Å²) in [5.41, 5.74) is 1.15. The van der Waals surface area contributed by atoms with E-state index in [1.165, 1.54) is 12.1 Å². The maximum Gasteiger partial charge on any atom is 0.573 e. The summed E-state index contributed by atoms with van der Waals surface area (Å²) in [7, 11) is 0. The third kappa shape index (κ3) is 5.84. The topological polar surface area (TPSA) is 47.6 Å². The zero-order chi connectivity index (χ0) is 19.3. The highest BCUT2D eigenvalue weighted by atomic mass is 35.5. The van der Waals surface area contributed by atoms with E-state index in [1.807, 2.05) is 6.92 Å². The highest BCUT2D eigenvalue weighted by Gasteiger charge is 2.31. The lowest BCUT2D eigenvalue weighted by Crippen LogP contribution is -2.32. The summed E-state index contributed by atoms with van der Waals surface area (Å²) in [5.74, 6) is -0.275. The summed E-state index contributed by atoms with van der Waals surface area (Å²) >= 11 is 5.96. The van der Waals surface area contributed by atoms with Crippen molar-refractivity contribution in [3.05, 3.63) is 53.1 Å². The lowest BCUT2D eigenvalue weighted by Gasteiger charge is -2.18. The van der Waals surface area contributed by atoms with E-state index in [0.29, 0.717) is 22.9 Å². The van der Waals surface area contributed by atoms with Crippen LogP contribution in [0.3, 0.4) is 0 Å². The zero-order valence-corrected chi connectivity index (χ0v) is 14.8. The molecule has 0 radical (unpaired) electrons. The van der Waals surface area contributed by atoms with Crippen molar-refractivity contribution in [1.82, 2.24) is 0 Å². The van der Waals surface area contributed by atoms with Crippen molar-refractivity contribution in [2.24, 2.45) is 0 Å². The lowest BCUT2D eigenvalue weighted by atomic mass is 10.2. The van der Waals surface area contributed by atoms with Gasteiger partial charge in [0, 0.05) is 10.7 Å².